The summed E-state index contributed by atoms with van der Waals surface area (Å²) in [4.78, 5) is 0. The molecule has 0 spiro atoms. The van der Waals surface area contributed by atoms with E-state index in [1.807, 2.05) is 6.07 Å². The Bertz CT molecular complexity index is 391. The Morgan fingerprint density at radius 3 is 2.46 bits per heavy atom. The molecule has 0 bridgehead atoms. The summed E-state index contributed by atoms with van der Waals surface area (Å²) in [5, 5.41) is 0.897. The van der Waals surface area contributed by atoms with Gasteiger partial charge >= 0.3 is 0 Å². The van der Waals surface area contributed by atoms with Crippen LogP contribution >= 0.6 is 27.5 Å². The second-order valence-corrected chi connectivity index (χ2v) is 4.97. The lowest BCUT2D eigenvalue weighted by atomic mass is 9.87. The first kappa shape index (κ1) is 9.29. The van der Waals surface area contributed by atoms with Crippen LogP contribution in [0.2, 0.25) is 0 Å². The zero-order valence-electron chi connectivity index (χ0n) is 7.57. The topological polar surface area (TPSA) is 0 Å². The molecule has 1 aliphatic rings. The van der Waals surface area contributed by atoms with Crippen molar-refractivity contribution in [2.45, 2.75) is 19.3 Å². The Labute approximate surface area is 91.7 Å². The van der Waals surface area contributed by atoms with Crippen molar-refractivity contribution >= 4 is 32.0 Å². The Hall–Kier alpha value is -0.270. The van der Waals surface area contributed by atoms with Crippen molar-refractivity contribution in [3.63, 3.8) is 0 Å². The standard InChI is InChI=1S/C11H10BrCl/c1-11(2)8-6-4-3-5-7(8)9(12)10(11)13/h3-6H,1-2H3. The van der Waals surface area contributed by atoms with Gasteiger partial charge in [-0.05, 0) is 27.1 Å². The molecule has 0 saturated heterocycles. The normalized spacial score (nSPS) is 19.1. The second-order valence-electron chi connectivity index (χ2n) is 3.80. The maximum Gasteiger partial charge on any atom is 0.0429 e. The van der Waals surface area contributed by atoms with Gasteiger partial charge in [0.25, 0.3) is 0 Å². The van der Waals surface area contributed by atoms with E-state index in [2.05, 4.69) is 48.0 Å². The zero-order valence-corrected chi connectivity index (χ0v) is 9.91. The van der Waals surface area contributed by atoms with E-state index in [4.69, 9.17) is 11.6 Å². The summed E-state index contributed by atoms with van der Waals surface area (Å²) in [7, 11) is 0. The maximum atomic E-state index is 6.25. The number of benzene rings is 1. The van der Waals surface area contributed by atoms with E-state index in [0.717, 1.165) is 9.51 Å². The van der Waals surface area contributed by atoms with E-state index >= 15 is 0 Å². The zero-order chi connectivity index (χ0) is 9.64. The number of halogens is 2. The minimum absolute atomic E-state index is 0.0447. The summed E-state index contributed by atoms with van der Waals surface area (Å²) in [6, 6.07) is 8.31. The molecule has 0 heterocycles. The van der Waals surface area contributed by atoms with Crippen LogP contribution in [-0.2, 0) is 5.41 Å². The van der Waals surface area contributed by atoms with Crippen LogP contribution in [0.15, 0.2) is 29.3 Å². The largest absolute Gasteiger partial charge is 0.0869 e. The van der Waals surface area contributed by atoms with Gasteiger partial charge in [0.2, 0.25) is 0 Å². The van der Waals surface area contributed by atoms with Crippen LogP contribution in [0.3, 0.4) is 0 Å². The molecule has 0 aliphatic heterocycles. The molecule has 0 atom stereocenters. The minimum Gasteiger partial charge on any atom is -0.0869 e. The van der Waals surface area contributed by atoms with Crippen LogP contribution in [0.5, 0.6) is 0 Å². The fraction of sp³-hybridized carbons (Fsp3) is 0.273. The van der Waals surface area contributed by atoms with Gasteiger partial charge < -0.3 is 0 Å². The molecule has 0 N–H and O–H groups in total. The molecule has 0 aromatic heterocycles. The highest BCUT2D eigenvalue weighted by Gasteiger charge is 2.35. The lowest BCUT2D eigenvalue weighted by Gasteiger charge is -2.19. The van der Waals surface area contributed by atoms with Gasteiger partial charge in [0.1, 0.15) is 0 Å². The van der Waals surface area contributed by atoms with Gasteiger partial charge in [-0.2, -0.15) is 0 Å². The smallest absolute Gasteiger partial charge is 0.0429 e. The van der Waals surface area contributed by atoms with Gasteiger partial charge in [0.15, 0.2) is 0 Å². The predicted molar refractivity (Wildman–Crippen MR) is 61.2 cm³/mol. The molecular formula is C11H10BrCl. The molecule has 13 heavy (non-hydrogen) atoms. The van der Waals surface area contributed by atoms with Gasteiger partial charge in [-0.3, -0.25) is 0 Å². The van der Waals surface area contributed by atoms with Crippen molar-refractivity contribution < 1.29 is 0 Å². The Morgan fingerprint density at radius 2 is 1.85 bits per heavy atom. The van der Waals surface area contributed by atoms with Crippen LogP contribution in [0.1, 0.15) is 25.0 Å². The van der Waals surface area contributed by atoms with Crippen molar-refractivity contribution in [3.05, 3.63) is 40.4 Å². The van der Waals surface area contributed by atoms with Gasteiger partial charge in [-0.25, -0.2) is 0 Å². The third-order valence-electron chi connectivity index (χ3n) is 2.58. The van der Waals surface area contributed by atoms with Crippen LogP contribution in [-0.4, -0.2) is 0 Å². The molecule has 0 fully saturated rings. The third kappa shape index (κ3) is 1.18. The van der Waals surface area contributed by atoms with Crippen molar-refractivity contribution in [1.82, 2.24) is 0 Å². The van der Waals surface area contributed by atoms with E-state index in [9.17, 15) is 0 Å². The van der Waals surface area contributed by atoms with Gasteiger partial charge in [-0.1, -0.05) is 49.7 Å². The Kier molecular flexibility index (Phi) is 2.04. The maximum absolute atomic E-state index is 6.25. The van der Waals surface area contributed by atoms with Crippen LogP contribution in [0.4, 0.5) is 0 Å². The number of allylic oxidation sites excluding steroid dienone is 1. The SMILES string of the molecule is CC1(C)C(Cl)=C(Br)c2ccccc21. The van der Waals surface area contributed by atoms with Crippen LogP contribution in [0, 0.1) is 0 Å². The average Bonchev–Trinajstić information content (AvgIpc) is 2.30. The number of hydrogen-bond donors (Lipinski definition) is 0. The van der Waals surface area contributed by atoms with Gasteiger partial charge in [-0.15, -0.1) is 0 Å². The molecule has 2 heteroatoms. The first-order chi connectivity index (χ1) is 6.05. The van der Waals surface area contributed by atoms with Crippen molar-refractivity contribution in [1.29, 1.82) is 0 Å². The highest BCUT2D eigenvalue weighted by molar-refractivity contribution is 9.15. The van der Waals surface area contributed by atoms with E-state index in [-0.39, 0.29) is 5.41 Å². The van der Waals surface area contributed by atoms with Crippen LogP contribution < -0.4 is 0 Å². The van der Waals surface area contributed by atoms with Crippen molar-refractivity contribution in [2.24, 2.45) is 0 Å². The van der Waals surface area contributed by atoms with Crippen molar-refractivity contribution in [2.75, 3.05) is 0 Å². The first-order valence-electron chi connectivity index (χ1n) is 4.21. The molecular weight excluding hydrogens is 247 g/mol. The number of rotatable bonds is 0. The monoisotopic (exact) mass is 256 g/mol. The second kappa shape index (κ2) is 2.86. The third-order valence-corrected chi connectivity index (χ3v) is 4.29. The summed E-state index contributed by atoms with van der Waals surface area (Å²) < 4.78 is 1.04. The summed E-state index contributed by atoms with van der Waals surface area (Å²) in [6.45, 7) is 4.28. The van der Waals surface area contributed by atoms with Crippen LogP contribution in [0.25, 0.3) is 4.48 Å². The Balaban J connectivity index is 2.74. The van der Waals surface area contributed by atoms with E-state index < -0.39 is 0 Å². The van der Waals surface area contributed by atoms with E-state index in [1.165, 1.54) is 11.1 Å². The predicted octanol–water partition coefficient (Wildman–Crippen LogP) is 4.28. The minimum atomic E-state index is -0.0447. The fourth-order valence-electron chi connectivity index (χ4n) is 1.73. The lowest BCUT2D eigenvalue weighted by molar-refractivity contribution is 0.669. The summed E-state index contributed by atoms with van der Waals surface area (Å²) >= 11 is 9.78. The molecule has 2 rings (SSSR count). The summed E-state index contributed by atoms with van der Waals surface area (Å²) in [6.07, 6.45) is 0. The molecule has 0 unspecified atom stereocenters. The molecule has 0 saturated carbocycles. The molecule has 1 aliphatic carbocycles. The molecule has 1 aromatic carbocycles. The Morgan fingerprint density at radius 1 is 1.23 bits per heavy atom. The van der Waals surface area contributed by atoms with Gasteiger partial charge in [0, 0.05) is 14.9 Å². The summed E-state index contributed by atoms with van der Waals surface area (Å²) in [5.74, 6) is 0. The highest BCUT2D eigenvalue weighted by Crippen LogP contribution is 2.49. The average molecular weight is 258 g/mol. The van der Waals surface area contributed by atoms with E-state index in [0.29, 0.717) is 0 Å². The molecule has 0 radical (unpaired) electrons. The molecule has 0 amide bonds. The lowest BCUT2D eigenvalue weighted by Crippen LogP contribution is -2.13. The highest BCUT2D eigenvalue weighted by atomic mass is 79.9. The quantitative estimate of drug-likeness (QED) is 0.651. The number of hydrogen-bond acceptors (Lipinski definition) is 0. The molecule has 1 aromatic rings. The fourth-order valence-corrected chi connectivity index (χ4v) is 2.78. The van der Waals surface area contributed by atoms with Crippen molar-refractivity contribution in [3.8, 4) is 0 Å². The summed E-state index contributed by atoms with van der Waals surface area (Å²) in [5.41, 5.74) is 2.47. The first-order valence-corrected chi connectivity index (χ1v) is 5.38. The molecule has 68 valence electrons. The number of fused-ring (bicyclic) bond motifs is 1. The van der Waals surface area contributed by atoms with Gasteiger partial charge in [0.05, 0.1) is 0 Å². The molecule has 0 nitrogen and oxygen atoms in total. The van der Waals surface area contributed by atoms with E-state index in [1.54, 1.807) is 0 Å².